The third kappa shape index (κ3) is 5.46. The van der Waals surface area contributed by atoms with Crippen LogP contribution in [-0.4, -0.2) is 30.7 Å². The topological polar surface area (TPSA) is 81.8 Å². The molecule has 1 aromatic carbocycles. The summed E-state index contributed by atoms with van der Waals surface area (Å²) in [4.78, 5) is 8.43. The van der Waals surface area contributed by atoms with Crippen LogP contribution >= 0.6 is 0 Å². The molecule has 0 bridgehead atoms. The highest BCUT2D eigenvalue weighted by molar-refractivity contribution is 5.94. The van der Waals surface area contributed by atoms with Crippen LogP contribution in [0.1, 0.15) is 19.4 Å². The van der Waals surface area contributed by atoms with Crippen molar-refractivity contribution in [2.75, 3.05) is 25.1 Å². The average Bonchev–Trinajstić information content (AvgIpc) is 2.58. The first-order chi connectivity index (χ1) is 11.7. The predicted molar refractivity (Wildman–Crippen MR) is 96.8 cm³/mol. The summed E-state index contributed by atoms with van der Waals surface area (Å²) in [6.45, 7) is 5.63. The zero-order chi connectivity index (χ0) is 17.2. The number of rotatable bonds is 8. The summed E-state index contributed by atoms with van der Waals surface area (Å²) in [5, 5.41) is 3.09. The summed E-state index contributed by atoms with van der Waals surface area (Å²) < 4.78 is 11.1. The van der Waals surface area contributed by atoms with E-state index in [0.29, 0.717) is 31.5 Å². The minimum Gasteiger partial charge on any atom is -0.494 e. The standard InChI is InChI=1S/C18H24N4O2/c1-3-23-15-7-8-17(24-4-2)16(12-15)22-18(19)21-11-9-14-6-5-10-20-13-14/h5-8,10,12-13H,3-4,9,11H2,1-2H3,(H3,19,21,22). The smallest absolute Gasteiger partial charge is 0.193 e. The maximum absolute atomic E-state index is 5.99. The number of benzene rings is 1. The number of ether oxygens (including phenoxy) is 2. The number of nitrogens with zero attached hydrogens (tertiary/aromatic N) is 2. The van der Waals surface area contributed by atoms with Crippen LogP contribution in [0.15, 0.2) is 47.7 Å². The summed E-state index contributed by atoms with van der Waals surface area (Å²) in [7, 11) is 0. The molecule has 0 saturated heterocycles. The molecule has 1 heterocycles. The first-order valence-corrected chi connectivity index (χ1v) is 8.08. The molecule has 0 saturated carbocycles. The fraction of sp³-hybridized carbons (Fsp3) is 0.333. The van der Waals surface area contributed by atoms with Gasteiger partial charge in [0.05, 0.1) is 18.9 Å². The van der Waals surface area contributed by atoms with Gasteiger partial charge in [-0.05, 0) is 44.0 Å². The average molecular weight is 328 g/mol. The Bertz CT molecular complexity index is 659. The quantitative estimate of drug-likeness (QED) is 0.575. The van der Waals surface area contributed by atoms with Gasteiger partial charge in [-0.25, -0.2) is 0 Å². The van der Waals surface area contributed by atoms with E-state index in [1.165, 1.54) is 0 Å². The summed E-state index contributed by atoms with van der Waals surface area (Å²) in [5.41, 5.74) is 7.85. The fourth-order valence-electron chi connectivity index (χ4n) is 2.17. The van der Waals surface area contributed by atoms with Gasteiger partial charge in [0.15, 0.2) is 5.96 Å². The molecule has 0 aliphatic heterocycles. The first-order valence-electron chi connectivity index (χ1n) is 8.08. The van der Waals surface area contributed by atoms with Gasteiger partial charge in [0.1, 0.15) is 11.5 Å². The van der Waals surface area contributed by atoms with E-state index < -0.39 is 0 Å². The van der Waals surface area contributed by atoms with Gasteiger partial charge in [-0.15, -0.1) is 0 Å². The van der Waals surface area contributed by atoms with Gasteiger partial charge in [-0.3, -0.25) is 9.98 Å². The molecule has 0 atom stereocenters. The lowest BCUT2D eigenvalue weighted by atomic mass is 10.2. The third-order valence-corrected chi connectivity index (χ3v) is 3.23. The monoisotopic (exact) mass is 328 g/mol. The van der Waals surface area contributed by atoms with E-state index in [2.05, 4.69) is 15.3 Å². The van der Waals surface area contributed by atoms with E-state index in [-0.39, 0.29) is 0 Å². The van der Waals surface area contributed by atoms with Crippen molar-refractivity contribution in [3.63, 3.8) is 0 Å². The number of pyridine rings is 1. The van der Waals surface area contributed by atoms with Crippen LogP contribution in [-0.2, 0) is 6.42 Å². The van der Waals surface area contributed by atoms with Crippen molar-refractivity contribution in [2.24, 2.45) is 10.7 Å². The van der Waals surface area contributed by atoms with Crippen LogP contribution < -0.4 is 20.5 Å². The van der Waals surface area contributed by atoms with E-state index in [1.807, 2.05) is 50.4 Å². The highest BCUT2D eigenvalue weighted by atomic mass is 16.5. The molecule has 1 aromatic heterocycles. The highest BCUT2D eigenvalue weighted by Gasteiger charge is 2.07. The van der Waals surface area contributed by atoms with E-state index in [9.17, 15) is 0 Å². The molecule has 0 aliphatic carbocycles. The lowest BCUT2D eigenvalue weighted by Gasteiger charge is -2.14. The molecule has 0 aliphatic rings. The van der Waals surface area contributed by atoms with Crippen LogP contribution in [0.3, 0.4) is 0 Å². The second-order valence-electron chi connectivity index (χ2n) is 5.03. The molecule has 2 aromatic rings. The van der Waals surface area contributed by atoms with E-state index in [0.717, 1.165) is 23.4 Å². The molecule has 0 amide bonds. The number of anilines is 1. The Labute approximate surface area is 142 Å². The Morgan fingerprint density at radius 3 is 2.75 bits per heavy atom. The van der Waals surface area contributed by atoms with Crippen molar-refractivity contribution < 1.29 is 9.47 Å². The Morgan fingerprint density at radius 1 is 1.21 bits per heavy atom. The molecule has 2 rings (SSSR count). The largest absolute Gasteiger partial charge is 0.494 e. The van der Waals surface area contributed by atoms with E-state index >= 15 is 0 Å². The minimum absolute atomic E-state index is 0.341. The van der Waals surface area contributed by atoms with Crippen molar-refractivity contribution in [1.29, 1.82) is 0 Å². The van der Waals surface area contributed by atoms with Crippen LogP contribution in [0.4, 0.5) is 5.69 Å². The van der Waals surface area contributed by atoms with Crippen molar-refractivity contribution in [1.82, 2.24) is 4.98 Å². The van der Waals surface area contributed by atoms with E-state index in [1.54, 1.807) is 6.20 Å². The number of aliphatic imine (C=N–C) groups is 1. The molecule has 0 radical (unpaired) electrons. The SMILES string of the molecule is CCOc1ccc(OCC)c(NC(N)=NCCc2cccnc2)c1. The summed E-state index contributed by atoms with van der Waals surface area (Å²) >= 11 is 0. The second kappa shape index (κ2) is 9.39. The number of aromatic nitrogens is 1. The van der Waals surface area contributed by atoms with Gasteiger partial charge >= 0.3 is 0 Å². The van der Waals surface area contributed by atoms with Gasteiger partial charge in [0.25, 0.3) is 0 Å². The molecule has 128 valence electrons. The van der Waals surface area contributed by atoms with Crippen molar-refractivity contribution in [3.8, 4) is 11.5 Å². The lowest BCUT2D eigenvalue weighted by Crippen LogP contribution is -2.23. The second-order valence-corrected chi connectivity index (χ2v) is 5.03. The van der Waals surface area contributed by atoms with Crippen molar-refractivity contribution >= 4 is 11.6 Å². The van der Waals surface area contributed by atoms with Crippen LogP contribution in [0.2, 0.25) is 0 Å². The Kier molecular flexibility index (Phi) is 6.89. The van der Waals surface area contributed by atoms with Gasteiger partial charge in [0.2, 0.25) is 0 Å². The number of hydrogen-bond donors (Lipinski definition) is 2. The van der Waals surface area contributed by atoms with Gasteiger partial charge in [-0.2, -0.15) is 0 Å². The summed E-state index contributed by atoms with van der Waals surface area (Å²) in [6, 6.07) is 9.52. The summed E-state index contributed by atoms with van der Waals surface area (Å²) in [5.74, 6) is 1.81. The first kappa shape index (κ1) is 17.6. The maximum Gasteiger partial charge on any atom is 0.193 e. The van der Waals surface area contributed by atoms with Crippen LogP contribution in [0.5, 0.6) is 11.5 Å². The normalized spacial score (nSPS) is 11.2. The zero-order valence-electron chi connectivity index (χ0n) is 14.2. The molecule has 0 fully saturated rings. The third-order valence-electron chi connectivity index (χ3n) is 3.23. The minimum atomic E-state index is 0.341. The molecule has 6 nitrogen and oxygen atoms in total. The molecular formula is C18H24N4O2. The molecule has 6 heteroatoms. The van der Waals surface area contributed by atoms with Crippen molar-refractivity contribution in [3.05, 3.63) is 48.3 Å². The Morgan fingerprint density at radius 2 is 2.04 bits per heavy atom. The number of nitrogens with one attached hydrogen (secondary N) is 1. The molecule has 0 spiro atoms. The van der Waals surface area contributed by atoms with Gasteiger partial charge < -0.3 is 20.5 Å². The molecule has 24 heavy (non-hydrogen) atoms. The predicted octanol–water partition coefficient (Wildman–Crippen LogP) is 2.85. The molecule has 0 unspecified atom stereocenters. The molecular weight excluding hydrogens is 304 g/mol. The fourth-order valence-corrected chi connectivity index (χ4v) is 2.17. The maximum atomic E-state index is 5.99. The van der Waals surface area contributed by atoms with Gasteiger partial charge in [-0.1, -0.05) is 6.07 Å². The summed E-state index contributed by atoms with van der Waals surface area (Å²) in [6.07, 6.45) is 4.37. The Hall–Kier alpha value is -2.76. The number of hydrogen-bond acceptors (Lipinski definition) is 4. The zero-order valence-corrected chi connectivity index (χ0v) is 14.2. The number of nitrogens with two attached hydrogens (primary N) is 1. The lowest BCUT2D eigenvalue weighted by molar-refractivity contribution is 0.332. The molecule has 3 N–H and O–H groups in total. The van der Waals surface area contributed by atoms with E-state index in [4.69, 9.17) is 15.2 Å². The van der Waals surface area contributed by atoms with Crippen LogP contribution in [0.25, 0.3) is 0 Å². The van der Waals surface area contributed by atoms with Crippen LogP contribution in [0, 0.1) is 0 Å². The number of guanidine groups is 1. The van der Waals surface area contributed by atoms with Gasteiger partial charge in [0, 0.05) is 25.0 Å². The van der Waals surface area contributed by atoms with Crippen molar-refractivity contribution in [2.45, 2.75) is 20.3 Å². The Balaban J connectivity index is 2.01. The highest BCUT2D eigenvalue weighted by Crippen LogP contribution is 2.29.